The van der Waals surface area contributed by atoms with Crippen LogP contribution >= 0.6 is 0 Å². The van der Waals surface area contributed by atoms with Crippen LogP contribution < -0.4 is 15.8 Å². The molecule has 4 rings (SSSR count). The van der Waals surface area contributed by atoms with Gasteiger partial charge in [-0.05, 0) is 43.4 Å². The molecule has 0 atom stereocenters. The molecule has 2 fully saturated rings. The fraction of sp³-hybridized carbons (Fsp3) is 0.545. The van der Waals surface area contributed by atoms with Crippen molar-refractivity contribution in [2.24, 2.45) is 0 Å². The highest BCUT2D eigenvalue weighted by Crippen LogP contribution is 2.30. The SMILES string of the molecule is Cc1ccc(-c2c(N3CCN(C4CCCCC4)CC3)c(=O)c2=O)cc1C. The molecule has 1 aliphatic carbocycles. The van der Waals surface area contributed by atoms with E-state index in [1.54, 1.807) is 0 Å². The second-order valence-corrected chi connectivity index (χ2v) is 8.00. The van der Waals surface area contributed by atoms with Gasteiger partial charge in [-0.15, -0.1) is 0 Å². The van der Waals surface area contributed by atoms with E-state index in [1.807, 2.05) is 25.1 Å². The fourth-order valence-electron chi connectivity index (χ4n) is 4.60. The largest absolute Gasteiger partial charge is 0.365 e. The van der Waals surface area contributed by atoms with Crippen LogP contribution in [0.4, 0.5) is 5.69 Å². The van der Waals surface area contributed by atoms with E-state index < -0.39 is 0 Å². The van der Waals surface area contributed by atoms with E-state index in [-0.39, 0.29) is 10.9 Å². The first kappa shape index (κ1) is 17.5. The van der Waals surface area contributed by atoms with E-state index in [0.29, 0.717) is 11.3 Å². The molecule has 0 spiro atoms. The topological polar surface area (TPSA) is 40.6 Å². The Kier molecular flexibility index (Phi) is 4.70. The van der Waals surface area contributed by atoms with Crippen LogP contribution in [0.2, 0.25) is 0 Å². The molecule has 0 unspecified atom stereocenters. The summed E-state index contributed by atoms with van der Waals surface area (Å²) in [6.45, 7) is 7.80. The number of aryl methyl sites for hydroxylation is 2. The number of hydrogen-bond donors (Lipinski definition) is 0. The van der Waals surface area contributed by atoms with Gasteiger partial charge in [0.2, 0.25) is 10.9 Å². The molecule has 2 aromatic carbocycles. The zero-order valence-electron chi connectivity index (χ0n) is 15.9. The Morgan fingerprint density at radius 2 is 1.54 bits per heavy atom. The van der Waals surface area contributed by atoms with Crippen LogP contribution in [0.3, 0.4) is 0 Å². The van der Waals surface area contributed by atoms with Crippen LogP contribution in [-0.4, -0.2) is 37.1 Å². The van der Waals surface area contributed by atoms with Crippen molar-refractivity contribution in [3.63, 3.8) is 0 Å². The minimum absolute atomic E-state index is 0.302. The fourth-order valence-corrected chi connectivity index (χ4v) is 4.60. The molecule has 2 aromatic rings. The summed E-state index contributed by atoms with van der Waals surface area (Å²) in [5, 5.41) is 0. The number of hydrogen-bond acceptors (Lipinski definition) is 4. The first-order valence-electron chi connectivity index (χ1n) is 9.96. The number of anilines is 1. The molecule has 4 nitrogen and oxygen atoms in total. The smallest absolute Gasteiger partial charge is 0.250 e. The van der Waals surface area contributed by atoms with Crippen molar-refractivity contribution < 1.29 is 0 Å². The molecule has 0 N–H and O–H groups in total. The molecular weight excluding hydrogens is 324 g/mol. The quantitative estimate of drug-likeness (QED) is 0.796. The second-order valence-electron chi connectivity index (χ2n) is 8.00. The predicted octanol–water partition coefficient (Wildman–Crippen LogP) is 3.02. The van der Waals surface area contributed by atoms with Gasteiger partial charge < -0.3 is 4.90 Å². The Morgan fingerprint density at radius 1 is 0.846 bits per heavy atom. The van der Waals surface area contributed by atoms with Crippen molar-refractivity contribution in [1.82, 2.24) is 4.90 Å². The Labute approximate surface area is 155 Å². The van der Waals surface area contributed by atoms with Crippen molar-refractivity contribution in [3.8, 4) is 11.1 Å². The Morgan fingerprint density at radius 3 is 2.19 bits per heavy atom. The summed E-state index contributed by atoms with van der Waals surface area (Å²) < 4.78 is 0. The molecule has 0 amide bonds. The van der Waals surface area contributed by atoms with Crippen LogP contribution in [0.15, 0.2) is 27.8 Å². The van der Waals surface area contributed by atoms with Gasteiger partial charge in [-0.2, -0.15) is 0 Å². The molecule has 0 aromatic heterocycles. The number of nitrogens with zero attached hydrogens (tertiary/aromatic N) is 2. The molecule has 1 saturated heterocycles. The van der Waals surface area contributed by atoms with Gasteiger partial charge in [0.1, 0.15) is 5.69 Å². The van der Waals surface area contributed by atoms with Crippen LogP contribution in [0.5, 0.6) is 0 Å². The summed E-state index contributed by atoms with van der Waals surface area (Å²) in [6, 6.07) is 6.76. The highest BCUT2D eigenvalue weighted by molar-refractivity contribution is 5.83. The molecule has 1 aliphatic heterocycles. The van der Waals surface area contributed by atoms with Crippen molar-refractivity contribution >= 4 is 5.69 Å². The Hall–Kier alpha value is -1.94. The third kappa shape index (κ3) is 3.01. The standard InChI is InChI=1S/C22H28N2O2/c1-15-8-9-17(14-16(15)2)19-20(22(26)21(19)25)24-12-10-23(11-13-24)18-6-4-3-5-7-18/h8-9,14,18H,3-7,10-13H2,1-2H3. The normalized spacial score (nSPS) is 20.0. The zero-order chi connectivity index (χ0) is 18.3. The number of piperazine rings is 1. The lowest BCUT2D eigenvalue weighted by Gasteiger charge is -2.42. The zero-order valence-corrected chi connectivity index (χ0v) is 15.9. The predicted molar refractivity (Wildman–Crippen MR) is 107 cm³/mol. The third-order valence-electron chi connectivity index (χ3n) is 6.40. The van der Waals surface area contributed by atoms with Gasteiger partial charge in [-0.1, -0.05) is 37.5 Å². The maximum Gasteiger partial charge on any atom is 0.250 e. The Bertz CT molecular complexity index is 865. The first-order valence-corrected chi connectivity index (χ1v) is 9.96. The lowest BCUT2D eigenvalue weighted by atomic mass is 9.93. The molecule has 0 bridgehead atoms. The van der Waals surface area contributed by atoms with E-state index in [9.17, 15) is 9.59 Å². The molecule has 0 radical (unpaired) electrons. The van der Waals surface area contributed by atoms with Gasteiger partial charge in [0.15, 0.2) is 0 Å². The molecule has 1 heterocycles. The summed E-state index contributed by atoms with van der Waals surface area (Å²) in [7, 11) is 0. The van der Waals surface area contributed by atoms with E-state index in [4.69, 9.17) is 0 Å². The van der Waals surface area contributed by atoms with Crippen molar-refractivity contribution in [2.75, 3.05) is 31.1 Å². The molecule has 2 aliphatic rings. The number of benzene rings is 1. The first-order chi connectivity index (χ1) is 12.6. The van der Waals surface area contributed by atoms with Crippen LogP contribution in [0, 0.1) is 13.8 Å². The van der Waals surface area contributed by atoms with Gasteiger partial charge in [-0.25, -0.2) is 0 Å². The number of rotatable bonds is 3. The monoisotopic (exact) mass is 352 g/mol. The molecule has 26 heavy (non-hydrogen) atoms. The lowest BCUT2D eigenvalue weighted by Crippen LogP contribution is -2.54. The average Bonchev–Trinajstić information content (AvgIpc) is 2.68. The van der Waals surface area contributed by atoms with Crippen molar-refractivity contribution in [2.45, 2.75) is 52.0 Å². The summed E-state index contributed by atoms with van der Waals surface area (Å²) in [6.07, 6.45) is 6.70. The summed E-state index contributed by atoms with van der Waals surface area (Å²) in [5.74, 6) is 0. The van der Waals surface area contributed by atoms with Crippen LogP contribution in [0.25, 0.3) is 11.1 Å². The Balaban J connectivity index is 1.53. The van der Waals surface area contributed by atoms with Crippen LogP contribution in [0.1, 0.15) is 43.2 Å². The van der Waals surface area contributed by atoms with Gasteiger partial charge in [0.05, 0.1) is 5.56 Å². The van der Waals surface area contributed by atoms with E-state index in [2.05, 4.69) is 16.7 Å². The van der Waals surface area contributed by atoms with E-state index in [1.165, 1.54) is 37.7 Å². The van der Waals surface area contributed by atoms with Crippen molar-refractivity contribution in [3.05, 3.63) is 49.8 Å². The highest BCUT2D eigenvalue weighted by Gasteiger charge is 2.31. The summed E-state index contributed by atoms with van der Waals surface area (Å²) >= 11 is 0. The lowest BCUT2D eigenvalue weighted by molar-refractivity contribution is 0.148. The molecule has 4 heteroatoms. The second kappa shape index (κ2) is 6.99. The van der Waals surface area contributed by atoms with E-state index >= 15 is 0 Å². The van der Waals surface area contributed by atoms with Gasteiger partial charge in [0, 0.05) is 32.2 Å². The molecular formula is C22H28N2O2. The highest BCUT2D eigenvalue weighted by atomic mass is 16.2. The summed E-state index contributed by atoms with van der Waals surface area (Å²) in [4.78, 5) is 29.3. The van der Waals surface area contributed by atoms with Gasteiger partial charge in [-0.3, -0.25) is 14.5 Å². The van der Waals surface area contributed by atoms with Crippen molar-refractivity contribution in [1.29, 1.82) is 0 Å². The maximum atomic E-state index is 12.3. The molecule has 138 valence electrons. The average molecular weight is 352 g/mol. The van der Waals surface area contributed by atoms with E-state index in [0.717, 1.165) is 43.3 Å². The summed E-state index contributed by atoms with van der Waals surface area (Å²) in [5.41, 5.74) is 3.91. The maximum absolute atomic E-state index is 12.3. The van der Waals surface area contributed by atoms with Crippen LogP contribution in [-0.2, 0) is 0 Å². The van der Waals surface area contributed by atoms with Gasteiger partial charge >= 0.3 is 0 Å². The third-order valence-corrected chi connectivity index (χ3v) is 6.40. The molecule has 1 saturated carbocycles. The minimum atomic E-state index is -0.321. The van der Waals surface area contributed by atoms with Gasteiger partial charge in [0.25, 0.3) is 0 Å². The minimum Gasteiger partial charge on any atom is -0.365 e.